The molecule has 0 saturated carbocycles. The summed E-state index contributed by atoms with van der Waals surface area (Å²) in [5.41, 5.74) is 27.7. The highest BCUT2D eigenvalue weighted by Gasteiger charge is 2.20. The molecule has 10 heteroatoms. The third kappa shape index (κ3) is 18.7. The molecule has 0 aliphatic heterocycles. The summed E-state index contributed by atoms with van der Waals surface area (Å²) in [6.07, 6.45) is 0. The van der Waals surface area contributed by atoms with Crippen LogP contribution in [0.4, 0.5) is 68.2 Å². The van der Waals surface area contributed by atoms with E-state index in [1.165, 1.54) is 77.2 Å². The first-order chi connectivity index (χ1) is 56.5. The summed E-state index contributed by atoms with van der Waals surface area (Å²) in [6, 6.07) is 165. The van der Waals surface area contributed by atoms with Gasteiger partial charge in [-0.1, -0.05) is 323 Å². The average molecular weight is 1590 g/mol. The van der Waals surface area contributed by atoms with Gasteiger partial charge in [0.1, 0.15) is 0 Å². The van der Waals surface area contributed by atoms with Crippen molar-refractivity contribution in [1.82, 2.24) is 0 Å². The summed E-state index contributed by atoms with van der Waals surface area (Å²) in [4.78, 5) is 9.29. The van der Waals surface area contributed by atoms with E-state index in [-0.39, 0.29) is 11.7 Å². The van der Waals surface area contributed by atoms with E-state index in [2.05, 4.69) is 526 Å². The number of benzene rings is 18. The topological polar surface area (TPSA) is 13.0 Å². The van der Waals surface area contributed by atoms with Gasteiger partial charge >= 0.3 is 0 Å². The number of hydrogen-bond acceptors (Lipinski definition) is 4. The lowest BCUT2D eigenvalue weighted by atomic mass is 10.00. The summed E-state index contributed by atoms with van der Waals surface area (Å²) in [6.45, 7) is 0. The number of fused-ring (bicyclic) bond motifs is 2. The first-order valence-corrected chi connectivity index (χ1v) is 44.8. The van der Waals surface area contributed by atoms with Crippen molar-refractivity contribution in [2.75, 3.05) is 19.6 Å². The van der Waals surface area contributed by atoms with Crippen LogP contribution in [-0.2, 0) is 0 Å². The van der Waals surface area contributed by atoms with Gasteiger partial charge in [-0.25, -0.2) is 0 Å². The third-order valence-electron chi connectivity index (χ3n) is 20.6. The lowest BCUT2D eigenvalue weighted by molar-refractivity contribution is 1.28. The number of rotatable bonds is 19. The van der Waals surface area contributed by atoms with E-state index in [0.717, 1.165) is 79.4 Å². The molecule has 0 bridgehead atoms. The molecular formula is C105H86N4P6. The van der Waals surface area contributed by atoms with E-state index >= 15 is 0 Å². The zero-order chi connectivity index (χ0) is 78.3. The molecule has 0 saturated heterocycles. The molecule has 18 aromatic carbocycles. The quantitative estimate of drug-likeness (QED) is 0.0748. The zero-order valence-electron chi connectivity index (χ0n) is 63.5. The molecule has 0 aliphatic rings. The van der Waals surface area contributed by atoms with Gasteiger partial charge in [0, 0.05) is 72.6 Å². The predicted octanol–water partition coefficient (Wildman–Crippen LogP) is 31.8. The van der Waals surface area contributed by atoms with Crippen molar-refractivity contribution >= 4 is 143 Å². The van der Waals surface area contributed by atoms with Gasteiger partial charge in [-0.05, 0) is 234 Å². The van der Waals surface area contributed by atoms with Crippen molar-refractivity contribution in [2.24, 2.45) is 0 Å². The number of nitrogens with zero attached hydrogens (tertiary/aromatic N) is 4. The summed E-state index contributed by atoms with van der Waals surface area (Å²) in [5.74, 6) is 0. The van der Waals surface area contributed by atoms with Crippen LogP contribution in [0.15, 0.2) is 461 Å². The van der Waals surface area contributed by atoms with Crippen LogP contribution < -0.4 is 19.6 Å². The second-order valence-electron chi connectivity index (χ2n) is 28.2. The summed E-state index contributed by atoms with van der Waals surface area (Å²) < 4.78 is 0.241. The standard InChI is InChI=1S/C60H44N2.C44H32N2.CH10P6/c1-5-13-45(14-6-1)48-21-23-49(24-22-48)52-29-39-56(40-30-52)61(55-19-11-4-12-20-55)57-41-31-53(32-42-57)54-33-43-60(44-34-54)62(58-35-25-50(26-36-58)46-15-7-2-8-16-46)59-37-27-51(28-38-59)47-17-9-3-10-18-47;1-3-15-39(16-4-1)45(43-29-23-33-11-7-9-13-37(33)31-43)41-25-19-35(20-26-41)36-21-27-42(28-22-36)46(40-17-5-2-6-18-40)44-30-24-34-12-8-10-14-38(34)32-44;2-1(3,4)7(5)6/h1-44H;1-32H;2-6H2. The van der Waals surface area contributed by atoms with Crippen LogP contribution in [0.3, 0.4) is 0 Å². The molecule has 0 aliphatic carbocycles. The van der Waals surface area contributed by atoms with E-state index in [0.29, 0.717) is 0 Å². The smallest absolute Gasteiger partial charge is 0.0468 e. The largest absolute Gasteiger partial charge is 0.311 e. The first kappa shape index (κ1) is 77.2. The highest BCUT2D eigenvalue weighted by molar-refractivity contribution is 8.47. The monoisotopic (exact) mass is 1590 g/mol. The normalized spacial score (nSPS) is 11.1. The second-order valence-corrected chi connectivity index (χ2v) is 41.2. The Bertz CT molecular complexity index is 5900. The van der Waals surface area contributed by atoms with Gasteiger partial charge in [-0.15, -0.1) is 45.6 Å². The minimum absolute atomic E-state index is 0.0193. The summed E-state index contributed by atoms with van der Waals surface area (Å²) in [7, 11) is 13.7. The summed E-state index contributed by atoms with van der Waals surface area (Å²) in [5, 5.41) is 4.94. The summed E-state index contributed by atoms with van der Waals surface area (Å²) >= 11 is 0. The van der Waals surface area contributed by atoms with Crippen molar-refractivity contribution in [2.45, 2.75) is 4.38 Å². The van der Waals surface area contributed by atoms with Gasteiger partial charge in [-0.2, -0.15) is 0 Å². The molecule has 0 fully saturated rings. The number of para-hydroxylation sites is 3. The van der Waals surface area contributed by atoms with Crippen molar-refractivity contribution in [1.29, 1.82) is 0 Å². The lowest BCUT2D eigenvalue weighted by Gasteiger charge is -2.26. The zero-order valence-corrected chi connectivity index (χ0v) is 70.2. The third-order valence-corrected chi connectivity index (χ3v) is 32.2. The highest BCUT2D eigenvalue weighted by Crippen LogP contribution is 2.72. The minimum Gasteiger partial charge on any atom is -0.311 e. The molecule has 18 rings (SSSR count). The molecule has 5 unspecified atom stereocenters. The van der Waals surface area contributed by atoms with Crippen molar-refractivity contribution in [3.63, 3.8) is 0 Å². The Morgan fingerprint density at radius 3 is 0.487 bits per heavy atom. The van der Waals surface area contributed by atoms with Crippen molar-refractivity contribution in [3.05, 3.63) is 461 Å². The average Bonchev–Trinajstić information content (AvgIpc) is 0.797. The molecule has 556 valence electrons. The highest BCUT2D eigenvalue weighted by atomic mass is 32.4. The van der Waals surface area contributed by atoms with Crippen LogP contribution in [-0.4, -0.2) is 4.38 Å². The Kier molecular flexibility index (Phi) is 24.6. The maximum absolute atomic E-state index is 2.77. The Balaban J connectivity index is 0.000000165. The fourth-order valence-electron chi connectivity index (χ4n) is 14.5. The van der Waals surface area contributed by atoms with Crippen LogP contribution in [0.5, 0.6) is 0 Å². The maximum atomic E-state index is 2.77. The molecule has 18 aromatic rings. The van der Waals surface area contributed by atoms with Gasteiger partial charge in [-0.3, -0.25) is 0 Å². The molecule has 0 heterocycles. The Morgan fingerprint density at radius 1 is 0.148 bits per heavy atom. The molecule has 0 N–H and O–H groups in total. The molecule has 115 heavy (non-hydrogen) atoms. The van der Waals surface area contributed by atoms with E-state index in [1.54, 1.807) is 0 Å². The van der Waals surface area contributed by atoms with Crippen molar-refractivity contribution in [3.8, 4) is 66.8 Å². The van der Waals surface area contributed by atoms with Crippen LogP contribution >= 0.6 is 52.9 Å². The number of hydrogen-bond donors (Lipinski definition) is 0. The molecular weight excluding hydrogens is 1500 g/mol. The minimum atomic E-state index is -0.0193. The molecule has 4 nitrogen and oxygen atoms in total. The van der Waals surface area contributed by atoms with Crippen molar-refractivity contribution < 1.29 is 0 Å². The molecule has 5 atom stereocenters. The van der Waals surface area contributed by atoms with Crippen LogP contribution in [0.1, 0.15) is 0 Å². The Hall–Kier alpha value is -11.7. The van der Waals surface area contributed by atoms with Crippen LogP contribution in [0.2, 0.25) is 0 Å². The molecule has 0 aromatic heterocycles. The van der Waals surface area contributed by atoms with Gasteiger partial charge in [0.2, 0.25) is 0 Å². The van der Waals surface area contributed by atoms with Gasteiger partial charge in [0.15, 0.2) is 0 Å². The van der Waals surface area contributed by atoms with Crippen LogP contribution in [0, 0.1) is 0 Å². The van der Waals surface area contributed by atoms with Crippen LogP contribution in [0.25, 0.3) is 88.3 Å². The first-order valence-electron chi connectivity index (χ1n) is 38.5. The van der Waals surface area contributed by atoms with E-state index < -0.39 is 0 Å². The van der Waals surface area contributed by atoms with E-state index in [4.69, 9.17) is 0 Å². The van der Waals surface area contributed by atoms with Gasteiger partial charge < -0.3 is 19.6 Å². The second kappa shape index (κ2) is 36.6. The maximum Gasteiger partial charge on any atom is 0.0468 e. The fourth-order valence-corrected chi connectivity index (χ4v) is 14.5. The Labute approximate surface area is 689 Å². The Morgan fingerprint density at radius 2 is 0.287 bits per heavy atom. The van der Waals surface area contributed by atoms with Gasteiger partial charge in [0.25, 0.3) is 0 Å². The molecule has 0 radical (unpaired) electrons. The fraction of sp³-hybridized carbons (Fsp3) is 0.00952. The number of anilines is 12. The van der Waals surface area contributed by atoms with Gasteiger partial charge in [0.05, 0.1) is 0 Å². The van der Waals surface area contributed by atoms with E-state index in [1.807, 2.05) is 0 Å². The lowest BCUT2D eigenvalue weighted by Crippen LogP contribution is -2.10. The van der Waals surface area contributed by atoms with E-state index in [9.17, 15) is 0 Å². The SMILES string of the molecule is PP(P)C(P)(P)P.c1ccc(-c2ccc(-c3ccc(N(c4ccccc4)c4ccc(-c5ccc(N(c6ccc(-c7ccccc7)cc6)c6ccc(-c7ccccc7)cc6)cc5)cc4)cc3)cc2)cc1.c1ccc(N(c2ccc(-c3ccc(N(c4ccccc4)c4ccc5ccccc5c4)cc3)cc2)c2ccc3ccccc3c2)cc1. The predicted molar refractivity (Wildman–Crippen MR) is 517 cm³/mol. The molecule has 0 spiro atoms. The molecule has 0 amide bonds.